The first-order valence-electron chi connectivity index (χ1n) is 3.96. The highest BCUT2D eigenvalue weighted by Gasteiger charge is 2.04. The molecule has 0 rings (SSSR count). The van der Waals surface area contributed by atoms with Crippen LogP contribution in [0.5, 0.6) is 0 Å². The van der Waals surface area contributed by atoms with Crippen LogP contribution in [0, 0.1) is 0 Å². The van der Waals surface area contributed by atoms with E-state index in [2.05, 4.69) is 6.58 Å². The predicted molar refractivity (Wildman–Crippen MR) is 53.1 cm³/mol. The molecule has 3 nitrogen and oxygen atoms in total. The van der Waals surface area contributed by atoms with Gasteiger partial charge in [-0.15, -0.1) is 0 Å². The van der Waals surface area contributed by atoms with Crippen molar-refractivity contribution in [1.29, 1.82) is 0 Å². The molecule has 0 radical (unpaired) electrons. The zero-order chi connectivity index (χ0) is 10.4. The Bertz CT molecular complexity index is 275. The molecular weight excluding hydrogens is 166 g/mol. The third-order valence-electron chi connectivity index (χ3n) is 1.63. The summed E-state index contributed by atoms with van der Waals surface area (Å²) in [5.74, 6) is -0.407. The molecule has 0 aliphatic heterocycles. The fourth-order valence-electron chi connectivity index (χ4n) is 0.654. The van der Waals surface area contributed by atoms with E-state index in [1.165, 1.54) is 6.92 Å². The van der Waals surface area contributed by atoms with Crippen LogP contribution in [0.3, 0.4) is 0 Å². The molecule has 0 unspecified atom stereocenters. The quantitative estimate of drug-likeness (QED) is 0.395. The largest absolute Gasteiger partial charge is 0.510 e. The molecule has 0 fully saturated rings. The zero-order valence-electron chi connectivity index (χ0n) is 8.00. The lowest BCUT2D eigenvalue weighted by Crippen LogP contribution is -2.10. The van der Waals surface area contributed by atoms with Gasteiger partial charge < -0.3 is 10.8 Å². The second-order valence-corrected chi connectivity index (χ2v) is 2.77. The molecule has 13 heavy (non-hydrogen) atoms. The maximum Gasteiger partial charge on any atom is 0.178 e. The molecule has 0 bridgehead atoms. The molecule has 0 atom stereocenters. The summed E-state index contributed by atoms with van der Waals surface area (Å²) in [6.45, 7) is 6.72. The van der Waals surface area contributed by atoms with Crippen LogP contribution in [0.25, 0.3) is 0 Å². The summed E-state index contributed by atoms with van der Waals surface area (Å²) in [6, 6.07) is 0. The average molecular weight is 181 g/mol. The van der Waals surface area contributed by atoms with E-state index in [1.807, 2.05) is 6.92 Å². The van der Waals surface area contributed by atoms with Gasteiger partial charge in [-0.25, -0.2) is 0 Å². The first kappa shape index (κ1) is 11.5. The highest BCUT2D eigenvalue weighted by atomic mass is 16.3. The van der Waals surface area contributed by atoms with Crippen molar-refractivity contribution in [3.05, 3.63) is 35.8 Å². The van der Waals surface area contributed by atoms with E-state index in [9.17, 15) is 9.90 Å². The van der Waals surface area contributed by atoms with Crippen molar-refractivity contribution in [3.63, 3.8) is 0 Å². The number of ketones is 1. The first-order valence-corrected chi connectivity index (χ1v) is 3.96. The summed E-state index contributed by atoms with van der Waals surface area (Å²) < 4.78 is 0. The Morgan fingerprint density at radius 1 is 1.54 bits per heavy atom. The maximum atomic E-state index is 10.7. The molecule has 0 spiro atoms. The van der Waals surface area contributed by atoms with Gasteiger partial charge in [0.15, 0.2) is 5.78 Å². The van der Waals surface area contributed by atoms with Gasteiger partial charge in [0.1, 0.15) is 11.5 Å². The molecule has 0 amide bonds. The van der Waals surface area contributed by atoms with Crippen LogP contribution < -0.4 is 5.73 Å². The van der Waals surface area contributed by atoms with Crippen molar-refractivity contribution in [1.82, 2.24) is 0 Å². The second kappa shape index (κ2) is 5.19. The van der Waals surface area contributed by atoms with Gasteiger partial charge in [-0.05, 0) is 6.92 Å². The summed E-state index contributed by atoms with van der Waals surface area (Å²) in [5.41, 5.74) is 6.17. The summed E-state index contributed by atoms with van der Waals surface area (Å²) in [7, 11) is 0. The van der Waals surface area contributed by atoms with Crippen molar-refractivity contribution in [2.45, 2.75) is 20.3 Å². The number of aliphatic hydroxyl groups is 1. The van der Waals surface area contributed by atoms with Gasteiger partial charge in [0.05, 0.1) is 0 Å². The number of rotatable bonds is 4. The van der Waals surface area contributed by atoms with Crippen LogP contribution in [-0.4, -0.2) is 10.9 Å². The van der Waals surface area contributed by atoms with Crippen molar-refractivity contribution in [2.24, 2.45) is 5.73 Å². The number of Topliss-reactive ketones (excluding diaryl/α,β-unsaturated/α-hetero) is 1. The fraction of sp³-hybridized carbons (Fsp3) is 0.300. The number of allylic oxidation sites excluding steroid dienone is 4. The smallest absolute Gasteiger partial charge is 0.178 e. The summed E-state index contributed by atoms with van der Waals surface area (Å²) >= 11 is 0. The van der Waals surface area contributed by atoms with Crippen molar-refractivity contribution in [3.8, 4) is 0 Å². The Hall–Kier alpha value is -1.51. The molecule has 0 aromatic heterocycles. The van der Waals surface area contributed by atoms with Gasteiger partial charge in [0, 0.05) is 13.3 Å². The SMILES string of the molecule is C=C/C(C)=C\C/C(O)=C(\N)C(C)=O. The van der Waals surface area contributed by atoms with Crippen molar-refractivity contribution < 1.29 is 9.90 Å². The Morgan fingerprint density at radius 3 is 2.46 bits per heavy atom. The number of nitrogens with two attached hydrogens (primary N) is 1. The fourth-order valence-corrected chi connectivity index (χ4v) is 0.654. The van der Waals surface area contributed by atoms with Gasteiger partial charge in [0.25, 0.3) is 0 Å². The third kappa shape index (κ3) is 4.15. The van der Waals surface area contributed by atoms with E-state index >= 15 is 0 Å². The molecule has 0 saturated carbocycles. The molecule has 3 heteroatoms. The lowest BCUT2D eigenvalue weighted by molar-refractivity contribution is -0.113. The third-order valence-corrected chi connectivity index (χ3v) is 1.63. The highest BCUT2D eigenvalue weighted by Crippen LogP contribution is 2.05. The second-order valence-electron chi connectivity index (χ2n) is 2.77. The van der Waals surface area contributed by atoms with Gasteiger partial charge in [-0.2, -0.15) is 0 Å². The van der Waals surface area contributed by atoms with E-state index in [1.54, 1.807) is 12.2 Å². The van der Waals surface area contributed by atoms with Gasteiger partial charge in [-0.3, -0.25) is 4.79 Å². The number of hydrogen-bond acceptors (Lipinski definition) is 3. The summed E-state index contributed by atoms with van der Waals surface area (Å²) in [6.07, 6.45) is 3.68. The van der Waals surface area contributed by atoms with Crippen LogP contribution in [-0.2, 0) is 4.79 Å². The molecule has 0 saturated heterocycles. The molecule has 72 valence electrons. The lowest BCUT2D eigenvalue weighted by atomic mass is 10.2. The minimum atomic E-state index is -0.317. The number of carbonyl (C=O) groups is 1. The maximum absolute atomic E-state index is 10.7. The van der Waals surface area contributed by atoms with Crippen LogP contribution >= 0.6 is 0 Å². The van der Waals surface area contributed by atoms with Crippen molar-refractivity contribution >= 4 is 5.78 Å². The molecule has 0 aliphatic rings. The monoisotopic (exact) mass is 181 g/mol. The zero-order valence-corrected chi connectivity index (χ0v) is 8.00. The first-order chi connectivity index (χ1) is 5.99. The Balaban J connectivity index is 4.47. The number of carbonyl (C=O) groups excluding carboxylic acids is 1. The predicted octanol–water partition coefficient (Wildman–Crippen LogP) is 1.83. The lowest BCUT2D eigenvalue weighted by Gasteiger charge is -2.00. The van der Waals surface area contributed by atoms with Crippen LogP contribution in [0.1, 0.15) is 20.3 Å². The van der Waals surface area contributed by atoms with E-state index < -0.39 is 0 Å². The van der Waals surface area contributed by atoms with Gasteiger partial charge >= 0.3 is 0 Å². The standard InChI is InChI=1S/C10H15NO2/c1-4-7(2)5-6-9(13)10(11)8(3)12/h4-5,13H,1,6,11H2,2-3H3/b7-5-,10-9+. The van der Waals surface area contributed by atoms with Crippen molar-refractivity contribution in [2.75, 3.05) is 0 Å². The Morgan fingerprint density at radius 2 is 2.08 bits per heavy atom. The summed E-state index contributed by atoms with van der Waals surface area (Å²) in [4.78, 5) is 10.7. The average Bonchev–Trinajstić information content (AvgIpc) is 2.11. The molecular formula is C10H15NO2. The molecule has 0 aromatic carbocycles. The van der Waals surface area contributed by atoms with E-state index in [-0.39, 0.29) is 23.7 Å². The normalized spacial score (nSPS) is 13.5. The van der Waals surface area contributed by atoms with Crippen LogP contribution in [0.2, 0.25) is 0 Å². The van der Waals surface area contributed by atoms with E-state index in [0.717, 1.165) is 5.57 Å². The summed E-state index contributed by atoms with van der Waals surface area (Å²) in [5, 5.41) is 9.29. The highest BCUT2D eigenvalue weighted by molar-refractivity contribution is 5.92. The molecule has 0 aliphatic carbocycles. The minimum Gasteiger partial charge on any atom is -0.510 e. The number of aliphatic hydroxyl groups excluding tert-OH is 1. The molecule has 3 N–H and O–H groups in total. The minimum absolute atomic E-state index is 0.0758. The van der Waals surface area contributed by atoms with Gasteiger partial charge in [0.2, 0.25) is 0 Å². The Labute approximate surface area is 78.3 Å². The topological polar surface area (TPSA) is 63.3 Å². The molecule has 0 heterocycles. The van der Waals surface area contributed by atoms with Gasteiger partial charge in [-0.1, -0.05) is 24.3 Å². The van der Waals surface area contributed by atoms with E-state index in [0.29, 0.717) is 0 Å². The van der Waals surface area contributed by atoms with Crippen LogP contribution in [0.15, 0.2) is 35.8 Å². The van der Waals surface area contributed by atoms with Crippen LogP contribution in [0.4, 0.5) is 0 Å². The molecule has 0 aromatic rings. The number of hydrogen-bond donors (Lipinski definition) is 2. The van der Waals surface area contributed by atoms with E-state index in [4.69, 9.17) is 5.73 Å². The Kier molecular flexibility index (Phi) is 4.59.